The molecule has 1 amide bonds. The number of carbonyl (C=O) groups excluding carboxylic acids is 5. The molecule has 38 heteroatoms. The van der Waals surface area contributed by atoms with Crippen molar-refractivity contribution in [2.75, 3.05) is 139 Å². The molecule has 680 valence electrons. The Morgan fingerprint density at radius 2 is 0.746 bits per heavy atom. The van der Waals surface area contributed by atoms with Crippen molar-refractivity contribution in [3.8, 4) is 79.3 Å². The van der Waals surface area contributed by atoms with Gasteiger partial charge in [-0.15, -0.1) is 0 Å². The molecule has 38 nitrogen and oxygen atoms in total. The summed E-state index contributed by atoms with van der Waals surface area (Å²) in [5.41, 5.74) is 18.9. The van der Waals surface area contributed by atoms with E-state index in [9.17, 15) is 58.5 Å². The molecule has 9 aromatic heterocycles. The molecule has 0 spiro atoms. The maximum absolute atomic E-state index is 14.2. The predicted octanol–water partition coefficient (Wildman–Crippen LogP) is 5.88. The number of nitrogens with two attached hydrogens (primary N) is 1. The molecule has 0 saturated carbocycles. The molecular weight excluding hydrogens is 1680 g/mol. The summed E-state index contributed by atoms with van der Waals surface area (Å²) in [5.74, 6) is -5.96. The van der Waals surface area contributed by atoms with E-state index in [2.05, 4.69) is 56.7 Å². The Labute approximate surface area is 748 Å². The van der Waals surface area contributed by atoms with Gasteiger partial charge in [-0.25, -0.2) is 24.8 Å². The van der Waals surface area contributed by atoms with E-state index >= 15 is 0 Å². The van der Waals surface area contributed by atoms with E-state index < -0.39 is 73.3 Å². The zero-order chi connectivity index (χ0) is 91.7. The second kappa shape index (κ2) is 52.6. The summed E-state index contributed by atoms with van der Waals surface area (Å²) in [4.78, 5) is 161. The van der Waals surface area contributed by atoms with E-state index in [-0.39, 0.29) is 97.2 Å². The van der Waals surface area contributed by atoms with Crippen molar-refractivity contribution in [2.45, 2.75) is 32.7 Å². The van der Waals surface area contributed by atoms with Crippen molar-refractivity contribution >= 4 is 53.7 Å². The van der Waals surface area contributed by atoms with Crippen molar-refractivity contribution in [1.29, 1.82) is 0 Å². The molecule has 11 aromatic rings. The van der Waals surface area contributed by atoms with Gasteiger partial charge in [0, 0.05) is 110 Å². The molecule has 2 aliphatic rings. The molecule has 0 bridgehead atoms. The van der Waals surface area contributed by atoms with E-state index in [1.165, 1.54) is 9.80 Å². The highest BCUT2D eigenvalue weighted by molar-refractivity contribution is 5.91. The summed E-state index contributed by atoms with van der Waals surface area (Å²) in [6.45, 7) is 1.67. The van der Waals surface area contributed by atoms with Gasteiger partial charge >= 0.3 is 47.8 Å². The molecular formula is C92H102N18O20. The third-order valence-electron chi connectivity index (χ3n) is 19.6. The molecule has 13 rings (SSSR count). The average molecular weight is 1780 g/mol. The van der Waals surface area contributed by atoms with Crippen molar-refractivity contribution in [3.63, 3.8) is 0 Å². The van der Waals surface area contributed by atoms with Crippen LogP contribution in [0.25, 0.3) is 67.8 Å². The number of rotatable bonds is 42. The summed E-state index contributed by atoms with van der Waals surface area (Å²) >= 11 is 0. The van der Waals surface area contributed by atoms with Crippen LogP contribution in [0.3, 0.4) is 0 Å². The van der Waals surface area contributed by atoms with Gasteiger partial charge in [-0.3, -0.25) is 103 Å². The zero-order valence-corrected chi connectivity index (χ0v) is 71.6. The molecule has 0 unspecified atom stereocenters. The number of amides is 1. The molecule has 0 radical (unpaired) electrons. The first-order chi connectivity index (χ1) is 62.5. The minimum atomic E-state index is -1.19. The van der Waals surface area contributed by atoms with E-state index in [0.717, 1.165) is 73.6 Å². The molecule has 10 N–H and O–H groups in total. The van der Waals surface area contributed by atoms with Crippen LogP contribution in [-0.4, -0.2) is 303 Å². The fourth-order valence-electron chi connectivity index (χ4n) is 13.3. The lowest BCUT2D eigenvalue weighted by Gasteiger charge is -2.30. The Balaban J connectivity index is 0.000000230. The Bertz CT molecular complexity index is 5370. The van der Waals surface area contributed by atoms with Gasteiger partial charge < -0.3 is 60.8 Å². The second-order valence-electron chi connectivity index (χ2n) is 29.2. The lowest BCUT2D eigenvalue weighted by Crippen LogP contribution is -2.49. The highest BCUT2D eigenvalue weighted by Gasteiger charge is 2.29. The van der Waals surface area contributed by atoms with Gasteiger partial charge in [-0.05, 0) is 156 Å². The molecule has 0 aliphatic carbocycles. The number of aromatic nitrogens is 9. The first-order valence-electron chi connectivity index (χ1n) is 40.9. The SMILES string of the molecule is COc1ccc(-c2cc(-c3ccccn3)nc(-c3cccc(CN(Cc4ccccn4)C(=O)CN(CCN(CCOO)CCN(CC(=O)O)CC(=O)O)CC(=O)O)n3)c2)cc1.COc1ccc(-c2cc(-c3ccccn3)nc(-c3cccc(CNCc4ccccn4)n3)c2)cc1.NCc1ccccn1.O.O=C(O)CN(CCN1CC(=O)OC(=O)C1)CCN1CC(=O)OC(=O)C1. The minimum absolute atomic E-state index is 0. The number of carboxylic acid groups (broad SMARTS) is 4. The maximum atomic E-state index is 14.2. The summed E-state index contributed by atoms with van der Waals surface area (Å²) in [7, 11) is 3.28. The van der Waals surface area contributed by atoms with Gasteiger partial charge in [0.2, 0.25) is 5.91 Å². The average Bonchev–Trinajstić information content (AvgIpc) is 0.802. The highest BCUT2D eigenvalue weighted by atomic mass is 17.1. The first-order valence-corrected chi connectivity index (χ1v) is 40.9. The molecule has 2 aromatic carbocycles. The van der Waals surface area contributed by atoms with Crippen LogP contribution >= 0.6 is 0 Å². The lowest BCUT2D eigenvalue weighted by molar-refractivity contribution is -0.244. The van der Waals surface area contributed by atoms with E-state index in [1.54, 1.807) is 94.0 Å². The van der Waals surface area contributed by atoms with Crippen molar-refractivity contribution in [1.82, 2.24) is 84.5 Å². The molecule has 0 atom stereocenters. The summed E-state index contributed by atoms with van der Waals surface area (Å²) in [6.07, 6.45) is 8.64. The number of nitrogens with zero attached hydrogens (tertiary/aromatic N) is 16. The number of carbonyl (C=O) groups is 9. The third kappa shape index (κ3) is 34.1. The van der Waals surface area contributed by atoms with Gasteiger partial charge in [0.1, 0.15) is 11.5 Å². The van der Waals surface area contributed by atoms with Crippen LogP contribution in [0.2, 0.25) is 0 Å². The molecule has 2 fully saturated rings. The van der Waals surface area contributed by atoms with Crippen LogP contribution in [0, 0.1) is 0 Å². The van der Waals surface area contributed by atoms with Gasteiger partial charge in [-0.2, -0.15) is 0 Å². The summed E-state index contributed by atoms with van der Waals surface area (Å²) in [6, 6.07) is 63.6. The normalized spacial score (nSPS) is 12.6. The number of aliphatic carboxylic acids is 4. The minimum Gasteiger partial charge on any atom is -0.497 e. The fraction of sp³-hybridized carbons (Fsp3) is 0.283. The van der Waals surface area contributed by atoms with Crippen LogP contribution in [0.5, 0.6) is 11.5 Å². The Morgan fingerprint density at radius 3 is 1.15 bits per heavy atom. The summed E-state index contributed by atoms with van der Waals surface area (Å²) in [5, 5.41) is 49.7. The number of nitrogens with one attached hydrogen (secondary N) is 1. The second-order valence-corrected chi connectivity index (χ2v) is 29.2. The fourth-order valence-corrected chi connectivity index (χ4v) is 13.3. The van der Waals surface area contributed by atoms with Gasteiger partial charge in [0.05, 0.1) is 167 Å². The van der Waals surface area contributed by atoms with Gasteiger partial charge in [0.15, 0.2) is 0 Å². The monoisotopic (exact) mass is 1780 g/mol. The standard InChI is InChI=1S/C43H48N8O10.C29H25N5O.C14H19N3O8.C6H8N2.H2O/c1-60-35-13-11-31(12-14-35)32-23-38(36-9-3-5-16-45-36)47-39(24-32)37-10-6-8-34(46-37)26-51(25-33-7-2-4-15-44-33)40(52)27-49(28-41(53)54)19-17-48(21-22-61-59)18-20-50(29-42(55)56)30-43(57)58;1-35-25-13-11-21(12-14-25)22-17-28(26-9-3-5-16-32-26)34-29(18-22)27-10-6-8-24(33-27)20-30-19-23-7-2-4-15-31-23;18-10(19)5-15(1-3-16-6-11(20)24-12(21)7-16)2-4-17-8-13(22)25-14(23)9-17;7-5-6-3-1-2-4-8-6;/h2-16,23-24,59H,17-22,25-30H2,1H3,(H,53,54)(H,55,56)(H,57,58);2-18,30H,19-20H2,1H3;1-9H2,(H,18,19);1-4H,5,7H2;1H2. The maximum Gasteiger partial charge on any atom is 0.327 e. The first kappa shape index (κ1) is 99.4. The summed E-state index contributed by atoms with van der Waals surface area (Å²) < 4.78 is 19.5. The van der Waals surface area contributed by atoms with E-state index in [1.807, 2.05) is 164 Å². The number of ether oxygens (including phenoxy) is 4. The van der Waals surface area contributed by atoms with Crippen LogP contribution in [-0.2, 0) is 90.2 Å². The van der Waals surface area contributed by atoms with Crippen LogP contribution in [0.1, 0.15) is 28.5 Å². The van der Waals surface area contributed by atoms with Crippen molar-refractivity contribution in [3.05, 3.63) is 260 Å². The number of hydrogen-bond acceptors (Lipinski definition) is 32. The number of cyclic esters (lactones) is 4. The highest BCUT2D eigenvalue weighted by Crippen LogP contribution is 2.33. The number of benzene rings is 2. The predicted molar refractivity (Wildman–Crippen MR) is 474 cm³/mol. The van der Waals surface area contributed by atoms with Gasteiger partial charge in [0.25, 0.3) is 0 Å². The number of carboxylic acids is 4. The van der Waals surface area contributed by atoms with Crippen LogP contribution in [0.15, 0.2) is 231 Å². The van der Waals surface area contributed by atoms with Crippen molar-refractivity contribution < 1.29 is 98.1 Å². The van der Waals surface area contributed by atoms with E-state index in [4.69, 9.17) is 45.5 Å². The Kier molecular flexibility index (Phi) is 40.2. The third-order valence-corrected chi connectivity index (χ3v) is 19.6. The topological polar surface area (TPSA) is 509 Å². The van der Waals surface area contributed by atoms with Crippen molar-refractivity contribution in [2.24, 2.45) is 5.73 Å². The quantitative estimate of drug-likeness (QED) is 0.0102. The molecule has 11 heterocycles. The number of morpholine rings is 2. The van der Waals surface area contributed by atoms with Crippen LogP contribution < -0.4 is 20.5 Å². The largest absolute Gasteiger partial charge is 0.497 e. The smallest absolute Gasteiger partial charge is 0.327 e. The van der Waals surface area contributed by atoms with E-state index in [0.29, 0.717) is 80.0 Å². The van der Waals surface area contributed by atoms with Gasteiger partial charge in [-0.1, -0.05) is 66.7 Å². The number of esters is 4. The molecule has 130 heavy (non-hydrogen) atoms. The number of methoxy groups -OCH3 is 2. The Hall–Kier alpha value is -14.4. The molecule has 2 saturated heterocycles. The Morgan fingerprint density at radius 1 is 0.385 bits per heavy atom. The molecule has 2 aliphatic heterocycles. The lowest BCUT2D eigenvalue weighted by atomic mass is 10.0. The number of pyridine rings is 9. The zero-order valence-electron chi connectivity index (χ0n) is 71.6. The number of hydrogen-bond donors (Lipinski definition) is 7. The van der Waals surface area contributed by atoms with Crippen LogP contribution in [0.4, 0.5) is 0 Å².